The Labute approximate surface area is 101 Å². The monoisotopic (exact) mass is 228 g/mol. The summed E-state index contributed by atoms with van der Waals surface area (Å²) in [6, 6.07) is 9.12. The van der Waals surface area contributed by atoms with Crippen LogP contribution in [0.1, 0.15) is 37.0 Å². The van der Waals surface area contributed by atoms with Crippen molar-refractivity contribution in [2.24, 2.45) is 5.41 Å². The van der Waals surface area contributed by atoms with E-state index in [0.29, 0.717) is 24.0 Å². The highest BCUT2D eigenvalue weighted by atomic mass is 16.1. The Kier molecular flexibility index (Phi) is 2.97. The molecule has 0 unspecified atom stereocenters. The molecule has 0 bridgehead atoms. The van der Waals surface area contributed by atoms with Gasteiger partial charge in [0.15, 0.2) is 11.6 Å². The zero-order valence-corrected chi connectivity index (χ0v) is 10.2. The molecule has 0 N–H and O–H groups in total. The van der Waals surface area contributed by atoms with Crippen LogP contribution < -0.4 is 0 Å². The quantitative estimate of drug-likeness (QED) is 0.728. The summed E-state index contributed by atoms with van der Waals surface area (Å²) in [4.78, 5) is 23.8. The van der Waals surface area contributed by atoms with Crippen LogP contribution in [0.25, 0.3) is 0 Å². The molecule has 0 aromatic heterocycles. The Morgan fingerprint density at radius 1 is 1.12 bits per heavy atom. The lowest BCUT2D eigenvalue weighted by Crippen LogP contribution is -2.24. The Bertz CT molecular complexity index is 481. The number of carbonyl (C=O) groups is 2. The van der Waals surface area contributed by atoms with Crippen LogP contribution in [0.3, 0.4) is 0 Å². The lowest BCUT2D eigenvalue weighted by molar-refractivity contribution is -0.117. The van der Waals surface area contributed by atoms with E-state index in [0.717, 1.165) is 0 Å². The second kappa shape index (κ2) is 4.28. The maximum Gasteiger partial charge on any atom is 0.189 e. The molecule has 88 valence electrons. The molecule has 0 heterocycles. The molecule has 17 heavy (non-hydrogen) atoms. The fourth-order valence-corrected chi connectivity index (χ4v) is 2.27. The van der Waals surface area contributed by atoms with Crippen LogP contribution in [0, 0.1) is 5.41 Å². The number of hydrogen-bond acceptors (Lipinski definition) is 2. The molecule has 0 fully saturated rings. The molecular formula is C15H16O2. The van der Waals surface area contributed by atoms with Crippen LogP contribution in [0.4, 0.5) is 0 Å². The van der Waals surface area contributed by atoms with Gasteiger partial charge in [-0.2, -0.15) is 0 Å². The topological polar surface area (TPSA) is 34.1 Å². The minimum absolute atomic E-state index is 0.0216. The van der Waals surface area contributed by atoms with Crippen LogP contribution in [0.5, 0.6) is 0 Å². The predicted molar refractivity (Wildman–Crippen MR) is 66.9 cm³/mol. The van der Waals surface area contributed by atoms with Crippen molar-refractivity contribution in [3.05, 3.63) is 47.5 Å². The highest BCUT2D eigenvalue weighted by molar-refractivity contribution is 6.12. The second-order valence-electron chi connectivity index (χ2n) is 5.35. The molecule has 2 rings (SSSR count). The van der Waals surface area contributed by atoms with E-state index in [1.54, 1.807) is 12.1 Å². The van der Waals surface area contributed by atoms with Crippen LogP contribution in [0.2, 0.25) is 0 Å². The van der Waals surface area contributed by atoms with Crippen molar-refractivity contribution in [3.63, 3.8) is 0 Å². The summed E-state index contributed by atoms with van der Waals surface area (Å²) >= 11 is 0. The number of rotatable bonds is 2. The number of benzene rings is 1. The van der Waals surface area contributed by atoms with Gasteiger partial charge in [-0.25, -0.2) is 0 Å². The Morgan fingerprint density at radius 3 is 2.35 bits per heavy atom. The van der Waals surface area contributed by atoms with Crippen molar-refractivity contribution in [1.82, 2.24) is 0 Å². The summed E-state index contributed by atoms with van der Waals surface area (Å²) in [6.45, 7) is 4.05. The highest BCUT2D eigenvalue weighted by Crippen LogP contribution is 2.34. The van der Waals surface area contributed by atoms with Crippen molar-refractivity contribution in [3.8, 4) is 0 Å². The van der Waals surface area contributed by atoms with Gasteiger partial charge in [-0.15, -0.1) is 0 Å². The van der Waals surface area contributed by atoms with Gasteiger partial charge in [0.25, 0.3) is 0 Å². The number of ketones is 2. The summed E-state index contributed by atoms with van der Waals surface area (Å²) in [5, 5.41) is 0. The summed E-state index contributed by atoms with van der Waals surface area (Å²) in [5.41, 5.74) is 1.19. The van der Waals surface area contributed by atoms with Crippen molar-refractivity contribution in [1.29, 1.82) is 0 Å². The first kappa shape index (κ1) is 11.8. The Balaban J connectivity index is 2.29. The summed E-state index contributed by atoms with van der Waals surface area (Å²) in [6.07, 6.45) is 2.71. The van der Waals surface area contributed by atoms with Gasteiger partial charge < -0.3 is 0 Å². The first-order chi connectivity index (χ1) is 7.98. The van der Waals surface area contributed by atoms with E-state index in [9.17, 15) is 9.59 Å². The van der Waals surface area contributed by atoms with Gasteiger partial charge in [0.1, 0.15) is 0 Å². The normalized spacial score (nSPS) is 18.7. The van der Waals surface area contributed by atoms with Crippen LogP contribution in [0.15, 0.2) is 42.0 Å². The molecule has 0 amide bonds. The van der Waals surface area contributed by atoms with E-state index in [1.165, 1.54) is 6.08 Å². The van der Waals surface area contributed by atoms with E-state index in [2.05, 4.69) is 0 Å². The standard InChI is InChI=1S/C15H16O2/c1-15(2)9-12(8-13(16)10-15)14(17)11-6-4-3-5-7-11/h3-8H,9-10H2,1-2H3. The van der Waals surface area contributed by atoms with Crippen LogP contribution in [-0.4, -0.2) is 11.6 Å². The lowest BCUT2D eigenvalue weighted by Gasteiger charge is -2.28. The molecule has 0 saturated heterocycles. The maximum atomic E-state index is 12.2. The Morgan fingerprint density at radius 2 is 1.76 bits per heavy atom. The van der Waals surface area contributed by atoms with Crippen LogP contribution >= 0.6 is 0 Å². The number of carbonyl (C=O) groups excluding carboxylic acids is 2. The zero-order chi connectivity index (χ0) is 12.5. The number of hydrogen-bond donors (Lipinski definition) is 0. The van der Waals surface area contributed by atoms with Gasteiger partial charge in [-0.3, -0.25) is 9.59 Å². The molecule has 0 saturated carbocycles. The van der Waals surface area contributed by atoms with Gasteiger partial charge >= 0.3 is 0 Å². The lowest BCUT2D eigenvalue weighted by atomic mass is 9.75. The van der Waals surface area contributed by atoms with E-state index in [4.69, 9.17) is 0 Å². The number of Topliss-reactive ketones (excluding diaryl/α,β-unsaturated/α-hetero) is 1. The second-order valence-corrected chi connectivity index (χ2v) is 5.35. The van der Waals surface area contributed by atoms with Crippen molar-refractivity contribution in [2.75, 3.05) is 0 Å². The third kappa shape index (κ3) is 2.70. The highest BCUT2D eigenvalue weighted by Gasteiger charge is 2.30. The SMILES string of the molecule is CC1(C)CC(=O)C=C(C(=O)c2ccccc2)C1. The third-order valence-corrected chi connectivity index (χ3v) is 2.98. The van der Waals surface area contributed by atoms with E-state index < -0.39 is 0 Å². The largest absolute Gasteiger partial charge is 0.295 e. The average Bonchev–Trinajstić information content (AvgIpc) is 2.26. The van der Waals surface area contributed by atoms with Crippen LogP contribution in [-0.2, 0) is 4.79 Å². The molecule has 1 aliphatic carbocycles. The van der Waals surface area contributed by atoms with E-state index >= 15 is 0 Å². The molecule has 0 radical (unpaired) electrons. The van der Waals surface area contributed by atoms with Gasteiger partial charge in [-0.1, -0.05) is 44.2 Å². The molecule has 1 aromatic carbocycles. The van der Waals surface area contributed by atoms with Crippen molar-refractivity contribution < 1.29 is 9.59 Å². The fraction of sp³-hybridized carbons (Fsp3) is 0.333. The smallest absolute Gasteiger partial charge is 0.189 e. The molecular weight excluding hydrogens is 212 g/mol. The van der Waals surface area contributed by atoms with Gasteiger partial charge in [-0.05, 0) is 17.9 Å². The first-order valence-corrected chi connectivity index (χ1v) is 5.81. The average molecular weight is 228 g/mol. The molecule has 2 heteroatoms. The summed E-state index contributed by atoms with van der Waals surface area (Å²) < 4.78 is 0. The minimum Gasteiger partial charge on any atom is -0.295 e. The minimum atomic E-state index is -0.106. The molecule has 1 aliphatic rings. The fourth-order valence-electron chi connectivity index (χ4n) is 2.27. The van der Waals surface area contributed by atoms with Gasteiger partial charge in [0.05, 0.1) is 0 Å². The van der Waals surface area contributed by atoms with Gasteiger partial charge in [0.2, 0.25) is 0 Å². The number of allylic oxidation sites excluding steroid dienone is 2. The van der Waals surface area contributed by atoms with E-state index in [1.807, 2.05) is 32.0 Å². The van der Waals surface area contributed by atoms with Crippen molar-refractivity contribution >= 4 is 11.6 Å². The maximum absolute atomic E-state index is 12.2. The first-order valence-electron chi connectivity index (χ1n) is 5.81. The predicted octanol–water partition coefficient (Wildman–Crippen LogP) is 3.18. The third-order valence-electron chi connectivity index (χ3n) is 2.98. The zero-order valence-electron chi connectivity index (χ0n) is 10.2. The molecule has 2 nitrogen and oxygen atoms in total. The van der Waals surface area contributed by atoms with Gasteiger partial charge in [0, 0.05) is 17.6 Å². The Hall–Kier alpha value is -1.70. The molecule has 1 aromatic rings. The summed E-state index contributed by atoms with van der Waals surface area (Å²) in [7, 11) is 0. The molecule has 0 atom stereocenters. The molecule has 0 spiro atoms. The van der Waals surface area contributed by atoms with Crippen molar-refractivity contribution in [2.45, 2.75) is 26.7 Å². The molecule has 0 aliphatic heterocycles. The summed E-state index contributed by atoms with van der Waals surface area (Å²) in [5.74, 6) is 0.0345. The van der Waals surface area contributed by atoms with E-state index in [-0.39, 0.29) is 17.0 Å².